The standard InChI is InChI=1S/C24H33Cl3N6/c1-15(20-7-6-17(25)13-21(20)26)29-23-22(27)16(2)30-24(31-23)33-11-8-19(9-12-33)32(3)14-18-5-4-10-28-18/h6-7,13,15,18-19,28H,4-5,8-12,14H2,1-3H3,(H,29,30,31)/t15-,18-/m1/s1. The van der Waals surface area contributed by atoms with Crippen molar-refractivity contribution in [2.45, 2.75) is 57.7 Å². The fraction of sp³-hybridized carbons (Fsp3) is 0.583. The number of nitrogens with one attached hydrogen (secondary N) is 2. The number of piperidine rings is 1. The number of aryl methyl sites for hydroxylation is 1. The van der Waals surface area contributed by atoms with Gasteiger partial charge in [-0.2, -0.15) is 4.98 Å². The summed E-state index contributed by atoms with van der Waals surface area (Å²) in [7, 11) is 2.26. The fourth-order valence-electron chi connectivity index (χ4n) is 4.83. The number of nitrogens with zero attached hydrogens (tertiary/aromatic N) is 4. The van der Waals surface area contributed by atoms with E-state index in [2.05, 4.69) is 27.5 Å². The lowest BCUT2D eigenvalue weighted by Crippen LogP contribution is -2.47. The number of hydrogen-bond donors (Lipinski definition) is 2. The van der Waals surface area contributed by atoms with E-state index < -0.39 is 0 Å². The topological polar surface area (TPSA) is 56.3 Å². The maximum atomic E-state index is 6.57. The second-order valence-corrected chi connectivity index (χ2v) is 10.5. The Kier molecular flexibility index (Phi) is 8.24. The molecule has 2 N–H and O–H groups in total. The molecule has 180 valence electrons. The molecule has 0 radical (unpaired) electrons. The van der Waals surface area contributed by atoms with Gasteiger partial charge in [-0.25, -0.2) is 4.98 Å². The summed E-state index contributed by atoms with van der Waals surface area (Å²) in [6.07, 6.45) is 4.79. The van der Waals surface area contributed by atoms with Gasteiger partial charge in [-0.1, -0.05) is 40.9 Å². The first-order valence-corrected chi connectivity index (χ1v) is 12.9. The number of aromatic nitrogens is 2. The Labute approximate surface area is 212 Å². The van der Waals surface area contributed by atoms with Gasteiger partial charge in [0.05, 0.1) is 11.7 Å². The molecule has 2 atom stereocenters. The van der Waals surface area contributed by atoms with Gasteiger partial charge in [0, 0.05) is 41.8 Å². The number of rotatable bonds is 7. The molecule has 2 saturated heterocycles. The maximum absolute atomic E-state index is 6.57. The molecule has 0 spiro atoms. The lowest BCUT2D eigenvalue weighted by molar-refractivity contribution is 0.192. The highest BCUT2D eigenvalue weighted by atomic mass is 35.5. The molecular formula is C24H33Cl3N6. The van der Waals surface area contributed by atoms with Gasteiger partial charge in [0.25, 0.3) is 0 Å². The second-order valence-electron chi connectivity index (χ2n) is 9.25. The van der Waals surface area contributed by atoms with E-state index in [9.17, 15) is 0 Å². The SMILES string of the molecule is Cc1nc(N2CCC(N(C)C[C@H]3CCCN3)CC2)nc(N[C@H](C)c2ccc(Cl)cc2Cl)c1Cl. The minimum absolute atomic E-state index is 0.0852. The predicted molar refractivity (Wildman–Crippen MR) is 139 cm³/mol. The lowest BCUT2D eigenvalue weighted by Gasteiger charge is -2.38. The van der Waals surface area contributed by atoms with Crippen LogP contribution in [0, 0.1) is 6.92 Å². The Morgan fingerprint density at radius 3 is 2.61 bits per heavy atom. The van der Waals surface area contributed by atoms with Crippen molar-refractivity contribution in [3.05, 3.63) is 44.5 Å². The zero-order valence-electron chi connectivity index (χ0n) is 19.5. The molecule has 3 heterocycles. The molecule has 0 saturated carbocycles. The van der Waals surface area contributed by atoms with E-state index in [1.54, 1.807) is 6.07 Å². The van der Waals surface area contributed by atoms with Gasteiger partial charge >= 0.3 is 0 Å². The highest BCUT2D eigenvalue weighted by Crippen LogP contribution is 2.32. The molecule has 1 aromatic carbocycles. The van der Waals surface area contributed by atoms with Crippen molar-refractivity contribution in [3.63, 3.8) is 0 Å². The molecule has 0 aliphatic carbocycles. The molecule has 1 aromatic heterocycles. The Morgan fingerprint density at radius 1 is 1.18 bits per heavy atom. The van der Waals surface area contributed by atoms with E-state index in [1.165, 1.54) is 12.8 Å². The summed E-state index contributed by atoms with van der Waals surface area (Å²) < 4.78 is 0. The van der Waals surface area contributed by atoms with Crippen LogP contribution in [-0.4, -0.2) is 60.2 Å². The molecule has 33 heavy (non-hydrogen) atoms. The van der Waals surface area contributed by atoms with Crippen LogP contribution in [0.3, 0.4) is 0 Å². The first kappa shape index (κ1) is 24.8. The molecule has 2 aliphatic heterocycles. The fourth-order valence-corrected chi connectivity index (χ4v) is 5.54. The average molecular weight is 512 g/mol. The highest BCUT2D eigenvalue weighted by molar-refractivity contribution is 6.35. The number of halogens is 3. The number of benzene rings is 1. The summed E-state index contributed by atoms with van der Waals surface area (Å²) >= 11 is 19.0. The molecule has 0 unspecified atom stereocenters. The molecule has 2 aliphatic rings. The highest BCUT2D eigenvalue weighted by Gasteiger charge is 2.27. The maximum Gasteiger partial charge on any atom is 0.227 e. The summed E-state index contributed by atoms with van der Waals surface area (Å²) in [5, 5.41) is 8.79. The molecule has 9 heteroatoms. The van der Waals surface area contributed by atoms with E-state index in [0.717, 1.165) is 56.2 Å². The van der Waals surface area contributed by atoms with Crippen LogP contribution in [0.1, 0.15) is 49.9 Å². The Bertz CT molecular complexity index is 957. The monoisotopic (exact) mass is 510 g/mol. The van der Waals surface area contributed by atoms with Gasteiger partial charge in [-0.15, -0.1) is 0 Å². The summed E-state index contributed by atoms with van der Waals surface area (Å²) in [5.74, 6) is 1.36. The van der Waals surface area contributed by atoms with Crippen molar-refractivity contribution in [2.24, 2.45) is 0 Å². The normalized spacial score (nSPS) is 20.5. The van der Waals surface area contributed by atoms with Crippen LogP contribution < -0.4 is 15.5 Å². The third-order valence-corrected chi connectivity index (χ3v) is 7.84. The van der Waals surface area contributed by atoms with Crippen LogP contribution in [0.4, 0.5) is 11.8 Å². The molecular weight excluding hydrogens is 479 g/mol. The first-order chi connectivity index (χ1) is 15.8. The smallest absolute Gasteiger partial charge is 0.227 e. The molecule has 4 rings (SSSR count). The van der Waals surface area contributed by atoms with Gasteiger partial charge in [0.1, 0.15) is 5.02 Å². The van der Waals surface area contributed by atoms with Crippen molar-refractivity contribution in [2.75, 3.05) is 43.4 Å². The zero-order chi connectivity index (χ0) is 23.5. The third kappa shape index (κ3) is 6.04. The minimum Gasteiger partial charge on any atom is -0.362 e. The van der Waals surface area contributed by atoms with Gasteiger partial charge in [-0.3, -0.25) is 0 Å². The Balaban J connectivity index is 1.41. The predicted octanol–water partition coefficient (Wildman–Crippen LogP) is 5.57. The van der Waals surface area contributed by atoms with Gasteiger partial charge in [0.15, 0.2) is 5.82 Å². The van der Waals surface area contributed by atoms with E-state index in [0.29, 0.717) is 33.0 Å². The van der Waals surface area contributed by atoms with Crippen molar-refractivity contribution in [1.29, 1.82) is 0 Å². The minimum atomic E-state index is -0.0852. The van der Waals surface area contributed by atoms with E-state index in [4.69, 9.17) is 44.8 Å². The average Bonchev–Trinajstić information content (AvgIpc) is 3.29. The molecule has 2 aromatic rings. The van der Waals surface area contributed by atoms with Crippen LogP contribution in [-0.2, 0) is 0 Å². The second kappa shape index (κ2) is 11.0. The van der Waals surface area contributed by atoms with Crippen molar-refractivity contribution >= 4 is 46.6 Å². The van der Waals surface area contributed by atoms with Crippen molar-refractivity contribution < 1.29 is 0 Å². The lowest BCUT2D eigenvalue weighted by atomic mass is 10.0. The zero-order valence-corrected chi connectivity index (χ0v) is 21.8. The number of likely N-dealkylation sites (N-methyl/N-ethyl adjacent to an activating group) is 1. The first-order valence-electron chi connectivity index (χ1n) is 11.8. The van der Waals surface area contributed by atoms with Crippen LogP contribution in [0.5, 0.6) is 0 Å². The summed E-state index contributed by atoms with van der Waals surface area (Å²) in [4.78, 5) is 14.3. The Morgan fingerprint density at radius 2 is 1.94 bits per heavy atom. The summed E-state index contributed by atoms with van der Waals surface area (Å²) in [6, 6.07) is 6.66. The van der Waals surface area contributed by atoms with Crippen molar-refractivity contribution in [1.82, 2.24) is 20.2 Å². The molecule has 6 nitrogen and oxygen atoms in total. The van der Waals surface area contributed by atoms with E-state index in [1.807, 2.05) is 26.0 Å². The van der Waals surface area contributed by atoms with Gasteiger partial charge in [0.2, 0.25) is 5.95 Å². The summed E-state index contributed by atoms with van der Waals surface area (Å²) in [5.41, 5.74) is 1.71. The van der Waals surface area contributed by atoms with Gasteiger partial charge in [-0.05, 0) is 70.8 Å². The van der Waals surface area contributed by atoms with Crippen LogP contribution in [0.2, 0.25) is 15.1 Å². The largest absolute Gasteiger partial charge is 0.362 e. The van der Waals surface area contributed by atoms with Crippen LogP contribution in [0.25, 0.3) is 0 Å². The third-order valence-electron chi connectivity index (χ3n) is 6.83. The Hall–Kier alpha value is -1.31. The molecule has 2 fully saturated rings. The van der Waals surface area contributed by atoms with Crippen molar-refractivity contribution in [3.8, 4) is 0 Å². The van der Waals surface area contributed by atoms with Crippen LogP contribution >= 0.6 is 34.8 Å². The van der Waals surface area contributed by atoms with Crippen LogP contribution in [0.15, 0.2) is 18.2 Å². The van der Waals surface area contributed by atoms with E-state index >= 15 is 0 Å². The molecule has 0 bridgehead atoms. The van der Waals surface area contributed by atoms with Gasteiger partial charge < -0.3 is 20.4 Å². The summed E-state index contributed by atoms with van der Waals surface area (Å²) in [6.45, 7) is 8.11. The number of anilines is 2. The molecule has 0 amide bonds. The number of hydrogen-bond acceptors (Lipinski definition) is 6. The van der Waals surface area contributed by atoms with E-state index in [-0.39, 0.29) is 6.04 Å². The quantitative estimate of drug-likeness (QED) is 0.507.